The number of fused-ring (bicyclic) bond motifs is 1. The van der Waals surface area contributed by atoms with Gasteiger partial charge in [0.15, 0.2) is 0 Å². The van der Waals surface area contributed by atoms with Gasteiger partial charge in [-0.1, -0.05) is 12.1 Å². The number of benzene rings is 1. The Bertz CT molecular complexity index is 646. The molecule has 0 saturated carbocycles. The first kappa shape index (κ1) is 9.26. The lowest BCUT2D eigenvalue weighted by molar-refractivity contribution is 0.481. The number of rotatable bonds is 0. The molecule has 0 aliphatic heterocycles. The summed E-state index contributed by atoms with van der Waals surface area (Å²) in [6, 6.07) is 7.34. The molecule has 5 nitrogen and oxygen atoms in total. The Labute approximate surface area is 84.0 Å². The zero-order chi connectivity index (χ0) is 11.0. The lowest BCUT2D eigenvalue weighted by Gasteiger charge is -1.98. The Morgan fingerprint density at radius 1 is 1.20 bits per heavy atom. The van der Waals surface area contributed by atoms with Crippen molar-refractivity contribution >= 4 is 10.9 Å². The van der Waals surface area contributed by atoms with Gasteiger partial charge in [0.1, 0.15) is 5.75 Å². The molecule has 0 saturated heterocycles. The van der Waals surface area contributed by atoms with E-state index < -0.39 is 11.0 Å². The summed E-state index contributed by atoms with van der Waals surface area (Å²) in [4.78, 5) is 22.5. The van der Waals surface area contributed by atoms with Gasteiger partial charge in [-0.05, 0) is 12.1 Å². The van der Waals surface area contributed by atoms with Crippen LogP contribution in [0.5, 0.6) is 5.75 Å². The van der Waals surface area contributed by atoms with Crippen molar-refractivity contribution in [1.29, 1.82) is 0 Å². The molecule has 3 N–H and O–H groups in total. The van der Waals surface area contributed by atoms with E-state index in [4.69, 9.17) is 5.84 Å². The highest BCUT2D eigenvalue weighted by Gasteiger charge is 2.05. The molecular weight excluding hydrogens is 196 g/mol. The number of hydrogen-bond acceptors (Lipinski definition) is 4. The van der Waals surface area contributed by atoms with Crippen molar-refractivity contribution in [2.45, 2.75) is 0 Å². The van der Waals surface area contributed by atoms with Crippen molar-refractivity contribution in [1.82, 2.24) is 4.68 Å². The van der Waals surface area contributed by atoms with Crippen LogP contribution in [0.15, 0.2) is 39.9 Å². The highest BCUT2D eigenvalue weighted by Crippen LogP contribution is 2.18. The van der Waals surface area contributed by atoms with Crippen LogP contribution in [0.1, 0.15) is 0 Å². The summed E-state index contributed by atoms with van der Waals surface area (Å²) in [5, 5.41) is 9.91. The summed E-state index contributed by atoms with van der Waals surface area (Å²) in [6.07, 6.45) is 0. The van der Waals surface area contributed by atoms with E-state index in [1.54, 1.807) is 24.3 Å². The molecule has 0 spiro atoms. The minimum absolute atomic E-state index is 0.253. The molecule has 0 radical (unpaired) electrons. The molecular formula is C10H8N2O3. The normalized spacial score (nSPS) is 10.4. The van der Waals surface area contributed by atoms with E-state index >= 15 is 0 Å². The van der Waals surface area contributed by atoms with Gasteiger partial charge in [-0.15, -0.1) is 0 Å². The minimum atomic E-state index is -0.869. The van der Waals surface area contributed by atoms with Crippen molar-refractivity contribution in [3.05, 3.63) is 50.9 Å². The molecule has 0 atom stereocenters. The maximum absolute atomic E-state index is 11.3. The number of para-hydroxylation sites is 1. The minimum Gasteiger partial charge on any atom is -0.507 e. The van der Waals surface area contributed by atoms with Gasteiger partial charge in [0.25, 0.3) is 0 Å². The molecule has 0 aliphatic rings. The molecule has 0 aliphatic carbocycles. The summed E-state index contributed by atoms with van der Waals surface area (Å²) < 4.78 is 0.734. The van der Waals surface area contributed by atoms with Crippen molar-refractivity contribution in [2.24, 2.45) is 0 Å². The van der Waals surface area contributed by atoms with Gasteiger partial charge in [-0.2, -0.15) is 0 Å². The summed E-state index contributed by atoms with van der Waals surface area (Å²) in [5.41, 5.74) is -1.40. The molecule has 2 aromatic rings. The molecule has 0 fully saturated rings. The van der Waals surface area contributed by atoms with E-state index in [0.717, 1.165) is 10.7 Å². The highest BCUT2D eigenvalue weighted by atomic mass is 16.3. The Morgan fingerprint density at radius 2 is 1.87 bits per heavy atom. The third kappa shape index (κ3) is 1.34. The molecule has 5 heteroatoms. The SMILES string of the molecule is Nn1c(=O)c(=O)cc(O)c2ccccc21. The number of aromatic nitrogens is 1. The van der Waals surface area contributed by atoms with Crippen LogP contribution in [0.3, 0.4) is 0 Å². The van der Waals surface area contributed by atoms with Gasteiger partial charge in [-0.3, -0.25) is 9.59 Å². The molecule has 0 bridgehead atoms. The average Bonchev–Trinajstić information content (AvgIpc) is 2.33. The first-order valence-electron chi connectivity index (χ1n) is 4.24. The van der Waals surface area contributed by atoms with Crippen LogP contribution < -0.4 is 16.8 Å². The van der Waals surface area contributed by atoms with Crippen LogP contribution in [-0.2, 0) is 0 Å². The molecule has 1 aromatic carbocycles. The molecule has 2 rings (SSSR count). The fraction of sp³-hybridized carbons (Fsp3) is 0. The summed E-state index contributed by atoms with van der Waals surface area (Å²) in [7, 11) is 0. The van der Waals surface area contributed by atoms with Crippen molar-refractivity contribution in [3.8, 4) is 5.75 Å². The third-order valence-electron chi connectivity index (χ3n) is 2.14. The summed E-state index contributed by atoms with van der Waals surface area (Å²) >= 11 is 0. The Balaban J connectivity index is 3.22. The van der Waals surface area contributed by atoms with Crippen molar-refractivity contribution in [3.63, 3.8) is 0 Å². The Hall–Kier alpha value is -2.30. The van der Waals surface area contributed by atoms with Crippen LogP contribution in [0.25, 0.3) is 10.9 Å². The van der Waals surface area contributed by atoms with Gasteiger partial charge in [0.05, 0.1) is 5.52 Å². The van der Waals surface area contributed by atoms with Crippen LogP contribution in [0.2, 0.25) is 0 Å². The topological polar surface area (TPSA) is 85.3 Å². The van der Waals surface area contributed by atoms with Crippen LogP contribution >= 0.6 is 0 Å². The van der Waals surface area contributed by atoms with Crippen LogP contribution in [-0.4, -0.2) is 9.78 Å². The molecule has 15 heavy (non-hydrogen) atoms. The summed E-state index contributed by atoms with van der Waals surface area (Å²) in [6.45, 7) is 0. The fourth-order valence-corrected chi connectivity index (χ4v) is 1.39. The lowest BCUT2D eigenvalue weighted by atomic mass is 10.2. The second-order valence-corrected chi connectivity index (χ2v) is 3.09. The molecule has 0 amide bonds. The third-order valence-corrected chi connectivity index (χ3v) is 2.14. The smallest absolute Gasteiger partial charge is 0.317 e. The Morgan fingerprint density at radius 3 is 2.60 bits per heavy atom. The van der Waals surface area contributed by atoms with E-state index in [0.29, 0.717) is 10.9 Å². The quantitative estimate of drug-likeness (QED) is 0.459. The van der Waals surface area contributed by atoms with Gasteiger partial charge in [-0.25, -0.2) is 4.68 Å². The maximum Gasteiger partial charge on any atom is 0.317 e. The van der Waals surface area contributed by atoms with Crippen molar-refractivity contribution in [2.75, 3.05) is 5.84 Å². The van der Waals surface area contributed by atoms with E-state index in [-0.39, 0.29) is 5.75 Å². The first-order valence-corrected chi connectivity index (χ1v) is 4.24. The predicted molar refractivity (Wildman–Crippen MR) is 56.3 cm³/mol. The number of aromatic hydroxyl groups is 1. The van der Waals surface area contributed by atoms with E-state index in [1.165, 1.54) is 0 Å². The van der Waals surface area contributed by atoms with Gasteiger partial charge >= 0.3 is 5.56 Å². The van der Waals surface area contributed by atoms with E-state index in [9.17, 15) is 14.7 Å². The lowest BCUT2D eigenvalue weighted by Crippen LogP contribution is -2.35. The monoisotopic (exact) mass is 204 g/mol. The largest absolute Gasteiger partial charge is 0.507 e. The fourth-order valence-electron chi connectivity index (χ4n) is 1.39. The predicted octanol–water partition coefficient (Wildman–Crippen LogP) is -0.219. The second kappa shape index (κ2) is 3.13. The summed E-state index contributed by atoms with van der Waals surface area (Å²) in [5.74, 6) is 5.21. The maximum atomic E-state index is 11.3. The van der Waals surface area contributed by atoms with Gasteiger partial charge < -0.3 is 10.9 Å². The van der Waals surface area contributed by atoms with Gasteiger partial charge in [0, 0.05) is 11.5 Å². The highest BCUT2D eigenvalue weighted by molar-refractivity contribution is 5.84. The number of nitrogens with two attached hydrogens (primary N) is 1. The van der Waals surface area contributed by atoms with E-state index in [2.05, 4.69) is 0 Å². The molecule has 0 unspecified atom stereocenters. The van der Waals surface area contributed by atoms with E-state index in [1.807, 2.05) is 0 Å². The number of nitrogen functional groups attached to an aromatic ring is 1. The van der Waals surface area contributed by atoms with Crippen molar-refractivity contribution < 1.29 is 5.11 Å². The zero-order valence-electron chi connectivity index (χ0n) is 7.68. The molecule has 1 aromatic heterocycles. The molecule has 76 valence electrons. The standard InChI is InChI=1S/C10H8N2O3/c11-12-7-4-2-1-3-6(7)8(13)5-9(14)10(12)15/h1-5,13H,11H2. The number of nitrogens with zero attached hydrogens (tertiary/aromatic N) is 1. The number of hydrogen-bond donors (Lipinski definition) is 2. The van der Waals surface area contributed by atoms with Gasteiger partial charge in [0.2, 0.25) is 5.43 Å². The average molecular weight is 204 g/mol. The zero-order valence-corrected chi connectivity index (χ0v) is 7.68. The second-order valence-electron chi connectivity index (χ2n) is 3.09. The Kier molecular flexibility index (Phi) is 1.93. The molecule has 1 heterocycles. The van der Waals surface area contributed by atoms with Crippen LogP contribution in [0.4, 0.5) is 0 Å². The first-order chi connectivity index (χ1) is 7.11. The van der Waals surface area contributed by atoms with Crippen LogP contribution in [0, 0.1) is 0 Å².